The van der Waals surface area contributed by atoms with E-state index in [0.717, 1.165) is 6.42 Å². The van der Waals surface area contributed by atoms with Gasteiger partial charge in [-0.2, -0.15) is 0 Å². The molecule has 0 aromatic heterocycles. The van der Waals surface area contributed by atoms with Crippen molar-refractivity contribution < 1.29 is 24.2 Å². The maximum absolute atomic E-state index is 11.4. The molecule has 0 aromatic rings. The molecule has 7 heteroatoms. The van der Waals surface area contributed by atoms with E-state index in [1.165, 1.54) is 7.11 Å². The minimum Gasteiger partial charge on any atom is -0.480 e. The van der Waals surface area contributed by atoms with Gasteiger partial charge in [-0.25, -0.2) is 9.59 Å². The van der Waals surface area contributed by atoms with Crippen molar-refractivity contribution in [1.29, 1.82) is 0 Å². The summed E-state index contributed by atoms with van der Waals surface area (Å²) in [5, 5.41) is 13.8. The SMILES string of the molecule is C=CCCOCCNC(=O)NC(CCOC)C(=O)O. The van der Waals surface area contributed by atoms with Gasteiger partial charge in [-0.05, 0) is 6.42 Å². The van der Waals surface area contributed by atoms with Gasteiger partial charge < -0.3 is 25.2 Å². The third kappa shape index (κ3) is 10.0. The predicted molar refractivity (Wildman–Crippen MR) is 70.1 cm³/mol. The zero-order valence-electron chi connectivity index (χ0n) is 11.2. The first kappa shape index (κ1) is 17.4. The van der Waals surface area contributed by atoms with Crippen molar-refractivity contribution in [2.45, 2.75) is 18.9 Å². The van der Waals surface area contributed by atoms with E-state index >= 15 is 0 Å². The zero-order chi connectivity index (χ0) is 14.5. The number of hydrogen-bond donors (Lipinski definition) is 3. The summed E-state index contributed by atoms with van der Waals surface area (Å²) in [7, 11) is 1.47. The maximum Gasteiger partial charge on any atom is 0.326 e. The summed E-state index contributed by atoms with van der Waals surface area (Å²) in [5.74, 6) is -1.09. The summed E-state index contributed by atoms with van der Waals surface area (Å²) in [5.41, 5.74) is 0. The molecule has 19 heavy (non-hydrogen) atoms. The highest BCUT2D eigenvalue weighted by molar-refractivity contribution is 5.82. The van der Waals surface area contributed by atoms with Crippen molar-refractivity contribution in [2.24, 2.45) is 0 Å². The Bertz CT molecular complexity index is 283. The second kappa shape index (κ2) is 11.5. The summed E-state index contributed by atoms with van der Waals surface area (Å²) in [4.78, 5) is 22.3. The number of rotatable bonds is 11. The molecule has 0 aliphatic heterocycles. The van der Waals surface area contributed by atoms with E-state index in [4.69, 9.17) is 14.6 Å². The van der Waals surface area contributed by atoms with Gasteiger partial charge >= 0.3 is 12.0 Å². The smallest absolute Gasteiger partial charge is 0.326 e. The maximum atomic E-state index is 11.4. The third-order valence-corrected chi connectivity index (χ3v) is 2.21. The van der Waals surface area contributed by atoms with E-state index in [0.29, 0.717) is 19.8 Å². The molecule has 3 N–H and O–H groups in total. The van der Waals surface area contributed by atoms with Crippen LogP contribution in [0.15, 0.2) is 12.7 Å². The van der Waals surface area contributed by atoms with Crippen molar-refractivity contribution in [3.8, 4) is 0 Å². The molecule has 0 heterocycles. The van der Waals surface area contributed by atoms with Gasteiger partial charge in [-0.3, -0.25) is 0 Å². The fourth-order valence-electron chi connectivity index (χ4n) is 1.21. The van der Waals surface area contributed by atoms with E-state index in [2.05, 4.69) is 17.2 Å². The number of carbonyl (C=O) groups is 2. The van der Waals surface area contributed by atoms with E-state index < -0.39 is 18.0 Å². The Morgan fingerprint density at radius 1 is 1.37 bits per heavy atom. The lowest BCUT2D eigenvalue weighted by Crippen LogP contribution is -2.47. The first-order valence-corrected chi connectivity index (χ1v) is 6.06. The van der Waals surface area contributed by atoms with Crippen LogP contribution in [0.5, 0.6) is 0 Å². The molecule has 0 saturated carbocycles. The summed E-state index contributed by atoms with van der Waals surface area (Å²) >= 11 is 0. The lowest BCUT2D eigenvalue weighted by Gasteiger charge is -2.14. The normalized spacial score (nSPS) is 11.6. The number of nitrogens with one attached hydrogen (secondary N) is 2. The Balaban J connectivity index is 3.74. The number of carboxylic acids is 1. The first-order valence-electron chi connectivity index (χ1n) is 6.06. The highest BCUT2D eigenvalue weighted by Gasteiger charge is 2.18. The molecule has 1 atom stereocenters. The van der Waals surface area contributed by atoms with Crippen LogP contribution >= 0.6 is 0 Å². The minimum atomic E-state index is -1.09. The van der Waals surface area contributed by atoms with Gasteiger partial charge in [0.05, 0.1) is 13.2 Å². The second-order valence-electron chi connectivity index (χ2n) is 3.76. The van der Waals surface area contributed by atoms with Gasteiger partial charge in [-0.15, -0.1) is 6.58 Å². The van der Waals surface area contributed by atoms with Gasteiger partial charge in [0.25, 0.3) is 0 Å². The van der Waals surface area contributed by atoms with Crippen LogP contribution in [0.2, 0.25) is 0 Å². The summed E-state index contributed by atoms with van der Waals surface area (Å²) in [6, 6.07) is -1.49. The van der Waals surface area contributed by atoms with Gasteiger partial charge in [0.1, 0.15) is 6.04 Å². The van der Waals surface area contributed by atoms with Gasteiger partial charge in [-0.1, -0.05) is 6.08 Å². The Morgan fingerprint density at radius 3 is 2.68 bits per heavy atom. The average Bonchev–Trinajstić information content (AvgIpc) is 2.38. The van der Waals surface area contributed by atoms with Crippen LogP contribution in [-0.2, 0) is 14.3 Å². The molecule has 0 aliphatic carbocycles. The lowest BCUT2D eigenvalue weighted by atomic mass is 10.2. The average molecular weight is 274 g/mol. The number of aliphatic carboxylic acids is 1. The zero-order valence-corrected chi connectivity index (χ0v) is 11.2. The number of carbonyl (C=O) groups excluding carboxylic acids is 1. The fraction of sp³-hybridized carbons (Fsp3) is 0.667. The Hall–Kier alpha value is -1.60. The molecular formula is C12H22N2O5. The topological polar surface area (TPSA) is 96.9 Å². The van der Waals surface area contributed by atoms with Crippen LogP contribution in [0.3, 0.4) is 0 Å². The largest absolute Gasteiger partial charge is 0.480 e. The van der Waals surface area contributed by atoms with Crippen LogP contribution in [0, 0.1) is 0 Å². The number of urea groups is 1. The summed E-state index contributed by atoms with van der Waals surface area (Å²) in [6.45, 7) is 5.07. The van der Waals surface area contributed by atoms with Gasteiger partial charge in [0.15, 0.2) is 0 Å². The molecule has 0 aliphatic rings. The van der Waals surface area contributed by atoms with Crippen molar-refractivity contribution in [3.05, 3.63) is 12.7 Å². The molecule has 0 saturated heterocycles. The summed E-state index contributed by atoms with van der Waals surface area (Å²) in [6.07, 6.45) is 2.72. The van der Waals surface area contributed by atoms with E-state index in [9.17, 15) is 9.59 Å². The Morgan fingerprint density at radius 2 is 2.11 bits per heavy atom. The van der Waals surface area contributed by atoms with E-state index in [1.54, 1.807) is 6.08 Å². The molecular weight excluding hydrogens is 252 g/mol. The van der Waals surface area contributed by atoms with E-state index in [-0.39, 0.29) is 13.0 Å². The second-order valence-corrected chi connectivity index (χ2v) is 3.76. The van der Waals surface area contributed by atoms with Crippen LogP contribution in [-0.4, -0.2) is 56.6 Å². The highest BCUT2D eigenvalue weighted by Crippen LogP contribution is 1.93. The minimum absolute atomic E-state index is 0.217. The van der Waals surface area contributed by atoms with Gasteiger partial charge in [0.2, 0.25) is 0 Å². The van der Waals surface area contributed by atoms with Crippen LogP contribution in [0.25, 0.3) is 0 Å². The molecule has 7 nitrogen and oxygen atoms in total. The number of ether oxygens (including phenoxy) is 2. The van der Waals surface area contributed by atoms with Crippen molar-refractivity contribution in [2.75, 3.05) is 33.5 Å². The predicted octanol–water partition coefficient (Wildman–Crippen LogP) is 0.368. The highest BCUT2D eigenvalue weighted by atomic mass is 16.5. The van der Waals surface area contributed by atoms with Crippen molar-refractivity contribution in [1.82, 2.24) is 10.6 Å². The molecule has 1 unspecified atom stereocenters. The monoisotopic (exact) mass is 274 g/mol. The molecule has 0 bridgehead atoms. The fourth-order valence-corrected chi connectivity index (χ4v) is 1.21. The molecule has 2 amide bonds. The Kier molecular flexibility index (Phi) is 10.5. The molecule has 0 aromatic carbocycles. The van der Waals surface area contributed by atoms with E-state index in [1.807, 2.05) is 0 Å². The Labute approximate surface area is 113 Å². The standard InChI is InChI=1S/C12H22N2O5/c1-3-4-7-19-9-6-13-12(17)14-10(11(15)16)5-8-18-2/h3,10H,1,4-9H2,2H3,(H,15,16)(H2,13,14,17). The molecule has 110 valence electrons. The molecule has 0 rings (SSSR count). The quantitative estimate of drug-likeness (QED) is 0.373. The number of carboxylic acid groups (broad SMARTS) is 1. The number of amides is 2. The molecule has 0 radical (unpaired) electrons. The van der Waals surface area contributed by atoms with Crippen molar-refractivity contribution >= 4 is 12.0 Å². The number of hydrogen-bond acceptors (Lipinski definition) is 4. The summed E-state index contributed by atoms with van der Waals surface area (Å²) < 4.78 is 9.97. The van der Waals surface area contributed by atoms with Crippen LogP contribution in [0.4, 0.5) is 4.79 Å². The molecule has 0 spiro atoms. The lowest BCUT2D eigenvalue weighted by molar-refractivity contribution is -0.139. The molecule has 0 fully saturated rings. The van der Waals surface area contributed by atoms with Crippen LogP contribution in [0.1, 0.15) is 12.8 Å². The van der Waals surface area contributed by atoms with Gasteiger partial charge in [0, 0.05) is 26.7 Å². The van der Waals surface area contributed by atoms with Crippen LogP contribution < -0.4 is 10.6 Å². The number of methoxy groups -OCH3 is 1. The van der Waals surface area contributed by atoms with Crippen molar-refractivity contribution in [3.63, 3.8) is 0 Å². The third-order valence-electron chi connectivity index (χ3n) is 2.21. The first-order chi connectivity index (χ1) is 9.11.